The number of hydrazine groups is 1. The Bertz CT molecular complexity index is 622. The van der Waals surface area contributed by atoms with Crippen molar-refractivity contribution in [2.24, 2.45) is 5.84 Å². The summed E-state index contributed by atoms with van der Waals surface area (Å²) in [6.45, 7) is 3.84. The third-order valence-electron chi connectivity index (χ3n) is 2.88. The van der Waals surface area contributed by atoms with Crippen molar-refractivity contribution in [3.05, 3.63) is 58.6 Å². The van der Waals surface area contributed by atoms with Crippen LogP contribution in [0.15, 0.2) is 36.7 Å². The minimum absolute atomic E-state index is 0.0224. The first-order chi connectivity index (χ1) is 10.0. The fourth-order valence-electron chi connectivity index (χ4n) is 2.03. The third-order valence-corrected chi connectivity index (χ3v) is 3.11. The zero-order valence-corrected chi connectivity index (χ0v) is 12.6. The van der Waals surface area contributed by atoms with Gasteiger partial charge >= 0.3 is 0 Å². The summed E-state index contributed by atoms with van der Waals surface area (Å²) in [6.07, 6.45) is 3.23. The lowest BCUT2D eigenvalue weighted by Gasteiger charge is -2.19. The van der Waals surface area contributed by atoms with Gasteiger partial charge in [-0.05, 0) is 43.7 Å². The van der Waals surface area contributed by atoms with Crippen LogP contribution in [-0.2, 0) is 0 Å². The number of nitrogens with two attached hydrogens (primary N) is 1. The first kappa shape index (κ1) is 15.7. The molecule has 1 aromatic heterocycles. The van der Waals surface area contributed by atoms with Crippen LogP contribution >= 0.6 is 11.6 Å². The van der Waals surface area contributed by atoms with Crippen LogP contribution < -0.4 is 16.0 Å². The first-order valence-electron chi connectivity index (χ1n) is 6.54. The van der Waals surface area contributed by atoms with E-state index in [1.165, 1.54) is 18.2 Å². The average Bonchev–Trinajstić information content (AvgIpc) is 2.43. The summed E-state index contributed by atoms with van der Waals surface area (Å²) in [5.74, 6) is 5.79. The van der Waals surface area contributed by atoms with Crippen molar-refractivity contribution in [1.29, 1.82) is 0 Å². The van der Waals surface area contributed by atoms with Gasteiger partial charge < -0.3 is 4.74 Å². The van der Waals surface area contributed by atoms with Crippen molar-refractivity contribution in [2.75, 3.05) is 0 Å². The molecule has 6 heteroatoms. The van der Waals surface area contributed by atoms with Crippen LogP contribution in [-0.4, -0.2) is 11.1 Å². The number of nitrogens with one attached hydrogen (secondary N) is 1. The van der Waals surface area contributed by atoms with Gasteiger partial charge in [0.15, 0.2) is 0 Å². The molecule has 112 valence electrons. The molecule has 0 aliphatic carbocycles. The molecule has 1 atom stereocenters. The molecule has 2 rings (SSSR count). The molecule has 1 unspecified atom stereocenters. The van der Waals surface area contributed by atoms with Crippen LogP contribution in [0, 0.1) is 5.82 Å². The number of benzene rings is 1. The number of hydrogen-bond acceptors (Lipinski definition) is 4. The molecule has 1 aromatic carbocycles. The third kappa shape index (κ3) is 3.91. The fraction of sp³-hybridized carbons (Fsp3) is 0.267. The number of pyridine rings is 1. The summed E-state index contributed by atoms with van der Waals surface area (Å²) in [4.78, 5) is 4.11. The van der Waals surface area contributed by atoms with Crippen molar-refractivity contribution in [3.63, 3.8) is 0 Å². The Kier molecular flexibility index (Phi) is 5.12. The van der Waals surface area contributed by atoms with E-state index in [4.69, 9.17) is 22.2 Å². The van der Waals surface area contributed by atoms with E-state index in [1.807, 2.05) is 13.8 Å². The van der Waals surface area contributed by atoms with Gasteiger partial charge in [-0.3, -0.25) is 10.8 Å². The van der Waals surface area contributed by atoms with Gasteiger partial charge in [0.05, 0.1) is 18.3 Å². The summed E-state index contributed by atoms with van der Waals surface area (Å²) >= 11 is 5.93. The molecule has 1 heterocycles. The second-order valence-electron chi connectivity index (χ2n) is 4.89. The van der Waals surface area contributed by atoms with Crippen molar-refractivity contribution < 1.29 is 9.13 Å². The van der Waals surface area contributed by atoms with Gasteiger partial charge in [-0.15, -0.1) is 0 Å². The molecular weight excluding hydrogens is 293 g/mol. The Balaban J connectivity index is 2.39. The molecule has 0 radical (unpaired) electrons. The van der Waals surface area contributed by atoms with E-state index in [0.717, 1.165) is 0 Å². The quantitative estimate of drug-likeness (QED) is 0.657. The molecule has 0 aliphatic heterocycles. The minimum atomic E-state index is -0.563. The Morgan fingerprint density at radius 3 is 2.71 bits per heavy atom. The largest absolute Gasteiger partial charge is 0.489 e. The Morgan fingerprint density at radius 1 is 1.29 bits per heavy atom. The molecule has 4 nitrogen and oxygen atoms in total. The lowest BCUT2D eigenvalue weighted by Crippen LogP contribution is -2.29. The standard InChI is InChI=1S/C15H17ClFN3O/c1-9(2)21-12-5-10(7-19-8-12)15(20-18)13-6-11(16)3-4-14(13)17/h3-9,15,20H,18H2,1-2H3. The van der Waals surface area contributed by atoms with E-state index < -0.39 is 11.9 Å². The van der Waals surface area contributed by atoms with Crippen LogP contribution in [0.5, 0.6) is 5.75 Å². The number of aromatic nitrogens is 1. The summed E-state index contributed by atoms with van der Waals surface area (Å²) in [5.41, 5.74) is 3.64. The first-order valence-corrected chi connectivity index (χ1v) is 6.91. The molecule has 0 aliphatic rings. The highest BCUT2D eigenvalue weighted by Gasteiger charge is 2.18. The van der Waals surface area contributed by atoms with Gasteiger partial charge in [-0.25, -0.2) is 9.82 Å². The van der Waals surface area contributed by atoms with Crippen LogP contribution in [0.4, 0.5) is 4.39 Å². The maximum atomic E-state index is 14.0. The number of hydrogen-bond donors (Lipinski definition) is 2. The molecule has 0 bridgehead atoms. The Hall–Kier alpha value is -1.69. The molecular formula is C15H17ClFN3O. The summed E-state index contributed by atoms with van der Waals surface area (Å²) in [7, 11) is 0. The van der Waals surface area contributed by atoms with Crippen LogP contribution in [0.25, 0.3) is 0 Å². The van der Waals surface area contributed by atoms with E-state index in [2.05, 4.69) is 10.4 Å². The maximum Gasteiger partial charge on any atom is 0.138 e. The molecule has 0 saturated heterocycles. The van der Waals surface area contributed by atoms with Gasteiger partial charge in [-0.2, -0.15) is 0 Å². The highest BCUT2D eigenvalue weighted by atomic mass is 35.5. The highest BCUT2D eigenvalue weighted by molar-refractivity contribution is 6.30. The molecule has 0 amide bonds. The van der Waals surface area contributed by atoms with Crippen molar-refractivity contribution in [2.45, 2.75) is 26.0 Å². The van der Waals surface area contributed by atoms with Crippen molar-refractivity contribution in [1.82, 2.24) is 10.4 Å². The number of rotatable bonds is 5. The van der Waals surface area contributed by atoms with Gasteiger partial charge in [0, 0.05) is 16.8 Å². The number of nitrogens with zero attached hydrogens (tertiary/aromatic N) is 1. The van der Waals surface area contributed by atoms with Gasteiger partial charge in [0.2, 0.25) is 0 Å². The smallest absolute Gasteiger partial charge is 0.138 e. The monoisotopic (exact) mass is 309 g/mol. The van der Waals surface area contributed by atoms with E-state index in [1.54, 1.807) is 18.5 Å². The van der Waals surface area contributed by atoms with Crippen LogP contribution in [0.3, 0.4) is 0 Å². The Morgan fingerprint density at radius 2 is 2.05 bits per heavy atom. The van der Waals surface area contributed by atoms with Gasteiger partial charge in [-0.1, -0.05) is 11.6 Å². The minimum Gasteiger partial charge on any atom is -0.489 e. The molecule has 2 aromatic rings. The zero-order chi connectivity index (χ0) is 15.4. The predicted molar refractivity (Wildman–Crippen MR) is 80.6 cm³/mol. The van der Waals surface area contributed by atoms with Gasteiger partial charge in [0.1, 0.15) is 11.6 Å². The van der Waals surface area contributed by atoms with Gasteiger partial charge in [0.25, 0.3) is 0 Å². The fourth-order valence-corrected chi connectivity index (χ4v) is 2.21. The molecule has 0 spiro atoms. The maximum absolute atomic E-state index is 14.0. The van der Waals surface area contributed by atoms with E-state index in [9.17, 15) is 4.39 Å². The Labute approximate surface area is 128 Å². The molecule has 3 N–H and O–H groups in total. The topological polar surface area (TPSA) is 60.2 Å². The SMILES string of the molecule is CC(C)Oc1cncc(C(NN)c2cc(Cl)ccc2F)c1. The number of ether oxygens (including phenoxy) is 1. The lowest BCUT2D eigenvalue weighted by molar-refractivity contribution is 0.241. The van der Waals surface area contributed by atoms with Crippen LogP contribution in [0.1, 0.15) is 31.0 Å². The predicted octanol–water partition coefficient (Wildman–Crippen LogP) is 3.21. The lowest BCUT2D eigenvalue weighted by atomic mass is 10.00. The van der Waals surface area contributed by atoms with Crippen LogP contribution in [0.2, 0.25) is 5.02 Å². The van der Waals surface area contributed by atoms with E-state index in [0.29, 0.717) is 21.9 Å². The second-order valence-corrected chi connectivity index (χ2v) is 5.32. The summed E-state index contributed by atoms with van der Waals surface area (Å²) < 4.78 is 19.6. The van der Waals surface area contributed by atoms with Crippen molar-refractivity contribution in [3.8, 4) is 5.75 Å². The summed E-state index contributed by atoms with van der Waals surface area (Å²) in [6, 6.07) is 5.55. The van der Waals surface area contributed by atoms with E-state index in [-0.39, 0.29) is 6.10 Å². The second kappa shape index (κ2) is 6.85. The highest BCUT2D eigenvalue weighted by Crippen LogP contribution is 2.28. The zero-order valence-electron chi connectivity index (χ0n) is 11.8. The average molecular weight is 310 g/mol. The molecule has 0 saturated carbocycles. The molecule has 0 fully saturated rings. The summed E-state index contributed by atoms with van der Waals surface area (Å²) in [5, 5.41) is 0.439. The van der Waals surface area contributed by atoms with E-state index >= 15 is 0 Å². The van der Waals surface area contributed by atoms with Crippen molar-refractivity contribution >= 4 is 11.6 Å². The number of halogens is 2. The normalized spacial score (nSPS) is 12.5. The molecule has 21 heavy (non-hydrogen) atoms.